The highest BCUT2D eigenvalue weighted by molar-refractivity contribution is 6.06. The number of nitrogens with zero attached hydrogens (tertiary/aromatic N) is 2. The first-order valence-corrected chi connectivity index (χ1v) is 5.73. The summed E-state index contributed by atoms with van der Waals surface area (Å²) in [4.78, 5) is 35.4. The van der Waals surface area contributed by atoms with Gasteiger partial charge in [-0.2, -0.15) is 5.26 Å². The van der Waals surface area contributed by atoms with Crippen LogP contribution in [0.25, 0.3) is 0 Å². The van der Waals surface area contributed by atoms with Crippen LogP contribution in [-0.4, -0.2) is 29.2 Å². The lowest BCUT2D eigenvalue weighted by molar-refractivity contribution is -0.141. The van der Waals surface area contributed by atoms with Crippen LogP contribution in [0.15, 0.2) is 24.3 Å². The maximum atomic E-state index is 11.7. The second kappa shape index (κ2) is 5.31. The number of anilines is 1. The first kappa shape index (κ1) is 12.8. The van der Waals surface area contributed by atoms with Crippen molar-refractivity contribution < 1.29 is 14.4 Å². The molecule has 0 spiro atoms. The van der Waals surface area contributed by atoms with Gasteiger partial charge in [-0.15, -0.1) is 0 Å². The van der Waals surface area contributed by atoms with Crippen LogP contribution in [0, 0.1) is 11.3 Å². The molecule has 6 nitrogen and oxygen atoms in total. The molecule has 96 valence electrons. The molecule has 1 aliphatic rings. The minimum absolute atomic E-state index is 0.163. The van der Waals surface area contributed by atoms with Crippen molar-refractivity contribution in [2.45, 2.75) is 12.8 Å². The normalized spacial score (nSPS) is 14.4. The quantitative estimate of drug-likeness (QED) is 0.805. The van der Waals surface area contributed by atoms with Crippen molar-refractivity contribution in [3.63, 3.8) is 0 Å². The fourth-order valence-electron chi connectivity index (χ4n) is 1.81. The van der Waals surface area contributed by atoms with Gasteiger partial charge in [0.25, 0.3) is 0 Å². The van der Waals surface area contributed by atoms with E-state index >= 15 is 0 Å². The Morgan fingerprint density at radius 3 is 2.63 bits per heavy atom. The number of carbonyl (C=O) groups is 3. The van der Waals surface area contributed by atoms with Crippen LogP contribution in [0.5, 0.6) is 0 Å². The van der Waals surface area contributed by atoms with E-state index in [1.807, 2.05) is 6.07 Å². The Balaban J connectivity index is 1.99. The van der Waals surface area contributed by atoms with Gasteiger partial charge >= 0.3 is 0 Å². The van der Waals surface area contributed by atoms with Crippen LogP contribution in [0.2, 0.25) is 0 Å². The lowest BCUT2D eigenvalue weighted by Crippen LogP contribution is -2.36. The first-order valence-electron chi connectivity index (χ1n) is 5.73. The number of benzene rings is 1. The van der Waals surface area contributed by atoms with E-state index in [1.165, 1.54) is 6.07 Å². The van der Waals surface area contributed by atoms with Gasteiger partial charge in [0.05, 0.1) is 11.6 Å². The van der Waals surface area contributed by atoms with E-state index in [0.717, 1.165) is 4.90 Å². The lowest BCUT2D eigenvalue weighted by Gasteiger charge is -2.13. The summed E-state index contributed by atoms with van der Waals surface area (Å²) in [6.45, 7) is -0.283. The molecule has 1 aromatic carbocycles. The Kier molecular flexibility index (Phi) is 3.57. The number of hydrogen-bond donors (Lipinski definition) is 1. The van der Waals surface area contributed by atoms with Gasteiger partial charge in [-0.1, -0.05) is 6.07 Å². The summed E-state index contributed by atoms with van der Waals surface area (Å²) in [6, 6.07) is 8.36. The molecule has 1 fully saturated rings. The number of nitrogens with one attached hydrogen (secondary N) is 1. The van der Waals surface area contributed by atoms with Gasteiger partial charge in [-0.3, -0.25) is 19.3 Å². The highest BCUT2D eigenvalue weighted by Gasteiger charge is 2.30. The number of hydrogen-bond acceptors (Lipinski definition) is 4. The smallest absolute Gasteiger partial charge is 0.244 e. The van der Waals surface area contributed by atoms with Crippen LogP contribution in [0.3, 0.4) is 0 Å². The Bertz CT molecular complexity index is 573. The van der Waals surface area contributed by atoms with Gasteiger partial charge in [0, 0.05) is 18.5 Å². The average Bonchev–Trinajstić information content (AvgIpc) is 2.71. The lowest BCUT2D eigenvalue weighted by atomic mass is 10.2. The molecule has 0 aliphatic carbocycles. The molecule has 0 radical (unpaired) electrons. The zero-order valence-electron chi connectivity index (χ0n) is 10.0. The zero-order chi connectivity index (χ0) is 13.8. The summed E-state index contributed by atoms with van der Waals surface area (Å²) in [5, 5.41) is 11.3. The molecule has 0 bridgehead atoms. The fraction of sp³-hybridized carbons (Fsp3) is 0.231. The third kappa shape index (κ3) is 2.96. The van der Waals surface area contributed by atoms with Crippen LogP contribution in [0.1, 0.15) is 18.4 Å². The highest BCUT2D eigenvalue weighted by Crippen LogP contribution is 2.13. The Morgan fingerprint density at radius 2 is 2.00 bits per heavy atom. The summed E-state index contributed by atoms with van der Waals surface area (Å²) in [5.41, 5.74) is 0.884. The van der Waals surface area contributed by atoms with Crippen molar-refractivity contribution in [1.82, 2.24) is 4.90 Å². The molecule has 6 heteroatoms. The van der Waals surface area contributed by atoms with Crippen molar-refractivity contribution in [3.8, 4) is 6.07 Å². The third-order valence-corrected chi connectivity index (χ3v) is 2.73. The van der Waals surface area contributed by atoms with Gasteiger partial charge in [0.15, 0.2) is 0 Å². The summed E-state index contributed by atoms with van der Waals surface area (Å²) < 4.78 is 0. The number of imide groups is 1. The van der Waals surface area contributed by atoms with Crippen LogP contribution in [0.4, 0.5) is 5.69 Å². The molecule has 1 aliphatic heterocycles. The Morgan fingerprint density at radius 1 is 1.32 bits per heavy atom. The molecule has 1 N–H and O–H groups in total. The van der Waals surface area contributed by atoms with Crippen molar-refractivity contribution in [3.05, 3.63) is 29.8 Å². The largest absolute Gasteiger partial charge is 0.324 e. The molecule has 1 aromatic rings. The number of rotatable bonds is 3. The molecule has 0 saturated carbocycles. The van der Waals surface area contributed by atoms with Gasteiger partial charge in [0.2, 0.25) is 17.7 Å². The predicted molar refractivity (Wildman–Crippen MR) is 65.7 cm³/mol. The van der Waals surface area contributed by atoms with Crippen molar-refractivity contribution >= 4 is 23.4 Å². The van der Waals surface area contributed by atoms with Gasteiger partial charge in [-0.25, -0.2) is 0 Å². The molecule has 1 heterocycles. The molecular formula is C13H11N3O3. The summed E-state index contributed by atoms with van der Waals surface area (Å²) in [5.74, 6) is -1.12. The zero-order valence-corrected chi connectivity index (χ0v) is 10.0. The average molecular weight is 257 g/mol. The number of likely N-dealkylation sites (tertiary alicyclic amines) is 1. The number of carbonyl (C=O) groups excluding carboxylic acids is 3. The molecule has 2 rings (SSSR count). The molecule has 19 heavy (non-hydrogen) atoms. The topological polar surface area (TPSA) is 90.3 Å². The van der Waals surface area contributed by atoms with E-state index in [9.17, 15) is 14.4 Å². The van der Waals surface area contributed by atoms with Crippen molar-refractivity contribution in [2.24, 2.45) is 0 Å². The Hall–Kier alpha value is -2.68. The summed E-state index contributed by atoms with van der Waals surface area (Å²) >= 11 is 0. The summed E-state index contributed by atoms with van der Waals surface area (Å²) in [6.07, 6.45) is 0.325. The SMILES string of the molecule is N#Cc1cccc(NC(=O)CN2C(=O)CCC2=O)c1. The van der Waals surface area contributed by atoms with E-state index in [1.54, 1.807) is 18.2 Å². The van der Waals surface area contributed by atoms with E-state index < -0.39 is 5.91 Å². The molecule has 0 unspecified atom stereocenters. The summed E-state index contributed by atoms with van der Waals surface area (Å²) in [7, 11) is 0. The van der Waals surface area contributed by atoms with Gasteiger partial charge in [0.1, 0.15) is 6.54 Å². The maximum absolute atomic E-state index is 11.7. The maximum Gasteiger partial charge on any atom is 0.244 e. The van der Waals surface area contributed by atoms with Crippen LogP contribution < -0.4 is 5.32 Å². The minimum atomic E-state index is -0.460. The van der Waals surface area contributed by atoms with Crippen LogP contribution >= 0.6 is 0 Å². The second-order valence-corrected chi connectivity index (χ2v) is 4.11. The molecule has 0 atom stereocenters. The predicted octanol–water partition coefficient (Wildman–Crippen LogP) is 0.646. The first-order chi connectivity index (χ1) is 9.10. The monoisotopic (exact) mass is 257 g/mol. The van der Waals surface area contributed by atoms with Gasteiger partial charge in [-0.05, 0) is 18.2 Å². The highest BCUT2D eigenvalue weighted by atomic mass is 16.2. The van der Waals surface area contributed by atoms with Crippen molar-refractivity contribution in [2.75, 3.05) is 11.9 Å². The third-order valence-electron chi connectivity index (χ3n) is 2.73. The van der Waals surface area contributed by atoms with E-state index in [0.29, 0.717) is 11.3 Å². The van der Waals surface area contributed by atoms with Gasteiger partial charge < -0.3 is 5.32 Å². The van der Waals surface area contributed by atoms with E-state index in [-0.39, 0.29) is 31.2 Å². The second-order valence-electron chi connectivity index (χ2n) is 4.11. The number of amides is 3. The minimum Gasteiger partial charge on any atom is -0.324 e. The Labute approximate surface area is 109 Å². The molecule has 0 aromatic heterocycles. The standard InChI is InChI=1S/C13H11N3O3/c14-7-9-2-1-3-10(6-9)15-11(17)8-16-12(18)4-5-13(16)19/h1-3,6H,4-5,8H2,(H,15,17). The van der Waals surface area contributed by atoms with Crippen molar-refractivity contribution in [1.29, 1.82) is 5.26 Å². The number of nitriles is 1. The fourth-order valence-corrected chi connectivity index (χ4v) is 1.81. The molecular weight excluding hydrogens is 246 g/mol. The van der Waals surface area contributed by atoms with Crippen LogP contribution in [-0.2, 0) is 14.4 Å². The van der Waals surface area contributed by atoms with E-state index in [2.05, 4.69) is 5.32 Å². The molecule has 3 amide bonds. The van der Waals surface area contributed by atoms with E-state index in [4.69, 9.17) is 5.26 Å². The molecule has 1 saturated heterocycles.